The average molecular weight is 293 g/mol. The normalized spacial score (nSPS) is 20.0. The molecule has 6 nitrogen and oxygen atoms in total. The number of methoxy groups -OCH3 is 1. The van der Waals surface area contributed by atoms with E-state index in [9.17, 15) is 9.59 Å². The number of benzene rings is 1. The molecule has 1 aliphatic heterocycles. The highest BCUT2D eigenvalue weighted by atomic mass is 16.5. The molecule has 0 spiro atoms. The Balaban J connectivity index is 2.05. The van der Waals surface area contributed by atoms with E-state index in [2.05, 4.69) is 0 Å². The SMILES string of the molecule is CO[C@H](C(=O)N1CCO[C@H](CC(=O)O)C1)c1ccccc1. The number of nitrogens with zero attached hydrogens (tertiary/aromatic N) is 1. The molecule has 2 atom stereocenters. The molecule has 1 heterocycles. The zero-order valence-corrected chi connectivity index (χ0v) is 11.9. The lowest BCUT2D eigenvalue weighted by Crippen LogP contribution is -2.48. The highest BCUT2D eigenvalue weighted by Crippen LogP contribution is 2.21. The lowest BCUT2D eigenvalue weighted by atomic mass is 10.1. The van der Waals surface area contributed by atoms with E-state index in [4.69, 9.17) is 14.6 Å². The van der Waals surface area contributed by atoms with Crippen molar-refractivity contribution in [3.8, 4) is 0 Å². The first-order valence-corrected chi connectivity index (χ1v) is 6.81. The zero-order chi connectivity index (χ0) is 15.2. The van der Waals surface area contributed by atoms with Gasteiger partial charge in [0.1, 0.15) is 0 Å². The van der Waals surface area contributed by atoms with Gasteiger partial charge in [-0.05, 0) is 5.56 Å². The number of carboxylic acids is 1. The van der Waals surface area contributed by atoms with Crippen molar-refractivity contribution in [2.24, 2.45) is 0 Å². The number of amides is 1. The van der Waals surface area contributed by atoms with E-state index < -0.39 is 18.2 Å². The summed E-state index contributed by atoms with van der Waals surface area (Å²) in [4.78, 5) is 24.9. The third kappa shape index (κ3) is 4.03. The maximum atomic E-state index is 12.6. The van der Waals surface area contributed by atoms with Gasteiger partial charge in [-0.25, -0.2) is 0 Å². The maximum Gasteiger partial charge on any atom is 0.306 e. The van der Waals surface area contributed by atoms with E-state index in [1.165, 1.54) is 7.11 Å². The Morgan fingerprint density at radius 3 is 2.76 bits per heavy atom. The predicted molar refractivity (Wildman–Crippen MR) is 74.8 cm³/mol. The highest BCUT2D eigenvalue weighted by molar-refractivity contribution is 5.82. The van der Waals surface area contributed by atoms with E-state index in [1.807, 2.05) is 30.3 Å². The minimum atomic E-state index is -0.930. The van der Waals surface area contributed by atoms with Crippen LogP contribution in [0.15, 0.2) is 30.3 Å². The minimum Gasteiger partial charge on any atom is -0.481 e. The van der Waals surface area contributed by atoms with Gasteiger partial charge in [-0.3, -0.25) is 9.59 Å². The van der Waals surface area contributed by atoms with Crippen LogP contribution >= 0.6 is 0 Å². The summed E-state index contributed by atoms with van der Waals surface area (Å²) in [5.41, 5.74) is 0.784. The largest absolute Gasteiger partial charge is 0.481 e. The van der Waals surface area contributed by atoms with E-state index in [-0.39, 0.29) is 18.9 Å². The molecular weight excluding hydrogens is 274 g/mol. The number of carbonyl (C=O) groups is 2. The molecule has 2 rings (SSSR count). The number of rotatable bonds is 5. The van der Waals surface area contributed by atoms with Gasteiger partial charge in [-0.15, -0.1) is 0 Å². The Morgan fingerprint density at radius 1 is 1.43 bits per heavy atom. The van der Waals surface area contributed by atoms with Crippen molar-refractivity contribution >= 4 is 11.9 Å². The fraction of sp³-hybridized carbons (Fsp3) is 0.467. The summed E-state index contributed by atoms with van der Waals surface area (Å²) < 4.78 is 10.7. The monoisotopic (exact) mass is 293 g/mol. The van der Waals surface area contributed by atoms with E-state index in [1.54, 1.807) is 4.90 Å². The van der Waals surface area contributed by atoms with Crippen LogP contribution in [0.1, 0.15) is 18.1 Å². The van der Waals surface area contributed by atoms with Gasteiger partial charge in [0.15, 0.2) is 6.10 Å². The van der Waals surface area contributed by atoms with Gasteiger partial charge in [0.25, 0.3) is 5.91 Å². The van der Waals surface area contributed by atoms with Gasteiger partial charge in [-0.2, -0.15) is 0 Å². The number of ether oxygens (including phenoxy) is 2. The van der Waals surface area contributed by atoms with Crippen LogP contribution in [0.3, 0.4) is 0 Å². The zero-order valence-electron chi connectivity index (χ0n) is 11.9. The summed E-state index contributed by atoms with van der Waals surface area (Å²) in [6.45, 7) is 1.06. The third-order valence-corrected chi connectivity index (χ3v) is 3.42. The third-order valence-electron chi connectivity index (χ3n) is 3.42. The standard InChI is InChI=1S/C15H19NO5/c1-20-14(11-5-3-2-4-6-11)15(19)16-7-8-21-12(10-16)9-13(17)18/h2-6,12,14H,7-10H2,1H3,(H,17,18)/t12-,14+/m1/s1. The topological polar surface area (TPSA) is 76.1 Å². The lowest BCUT2D eigenvalue weighted by molar-refractivity contribution is -0.154. The molecule has 0 unspecified atom stereocenters. The van der Waals surface area contributed by atoms with Crippen LogP contribution in [0.2, 0.25) is 0 Å². The van der Waals surface area contributed by atoms with Crippen molar-refractivity contribution in [1.82, 2.24) is 4.90 Å². The van der Waals surface area contributed by atoms with Gasteiger partial charge in [0.05, 0.1) is 19.1 Å². The molecule has 1 amide bonds. The molecule has 0 saturated carbocycles. The first-order chi connectivity index (χ1) is 10.1. The Labute approximate surface area is 123 Å². The summed E-state index contributed by atoms with van der Waals surface area (Å²) in [5, 5.41) is 8.82. The van der Waals surface area contributed by atoms with Gasteiger partial charge in [0, 0.05) is 20.2 Å². The van der Waals surface area contributed by atoms with Crippen LogP contribution in [0.4, 0.5) is 0 Å². The van der Waals surface area contributed by atoms with Crippen molar-refractivity contribution in [2.45, 2.75) is 18.6 Å². The van der Waals surface area contributed by atoms with Crippen molar-refractivity contribution in [3.63, 3.8) is 0 Å². The Bertz CT molecular complexity index is 490. The van der Waals surface area contributed by atoms with Crippen LogP contribution in [0.5, 0.6) is 0 Å². The molecule has 0 bridgehead atoms. The van der Waals surface area contributed by atoms with Crippen LogP contribution in [-0.2, 0) is 19.1 Å². The molecule has 1 fully saturated rings. The molecule has 21 heavy (non-hydrogen) atoms. The van der Waals surface area contributed by atoms with Crippen molar-refractivity contribution in [2.75, 3.05) is 26.8 Å². The molecule has 1 aliphatic rings. The number of aliphatic carboxylic acids is 1. The van der Waals surface area contributed by atoms with Crippen LogP contribution in [-0.4, -0.2) is 54.8 Å². The number of carbonyl (C=O) groups excluding carboxylic acids is 1. The highest BCUT2D eigenvalue weighted by Gasteiger charge is 2.31. The van der Waals surface area contributed by atoms with Crippen molar-refractivity contribution in [1.29, 1.82) is 0 Å². The first kappa shape index (κ1) is 15.5. The second-order valence-corrected chi connectivity index (χ2v) is 4.90. The Morgan fingerprint density at radius 2 is 2.14 bits per heavy atom. The summed E-state index contributed by atoms with van der Waals surface area (Å²) in [5.74, 6) is -1.09. The van der Waals surface area contributed by atoms with Gasteiger partial charge in [-0.1, -0.05) is 30.3 Å². The second kappa shape index (κ2) is 7.19. The van der Waals surface area contributed by atoms with Crippen LogP contribution < -0.4 is 0 Å². The molecule has 0 aromatic heterocycles. The summed E-state index contributed by atoms with van der Waals surface area (Å²) in [6, 6.07) is 9.24. The lowest BCUT2D eigenvalue weighted by Gasteiger charge is -2.34. The summed E-state index contributed by atoms with van der Waals surface area (Å²) in [7, 11) is 1.49. The van der Waals surface area contributed by atoms with Crippen molar-refractivity contribution < 1.29 is 24.2 Å². The summed E-state index contributed by atoms with van der Waals surface area (Å²) in [6.07, 6.45) is -1.24. The van der Waals surface area contributed by atoms with E-state index in [0.29, 0.717) is 13.2 Å². The maximum absolute atomic E-state index is 12.6. The molecule has 6 heteroatoms. The van der Waals surface area contributed by atoms with E-state index in [0.717, 1.165) is 5.56 Å². The Hall–Kier alpha value is -1.92. The van der Waals surface area contributed by atoms with Crippen molar-refractivity contribution in [3.05, 3.63) is 35.9 Å². The summed E-state index contributed by atoms with van der Waals surface area (Å²) >= 11 is 0. The fourth-order valence-corrected chi connectivity index (χ4v) is 2.41. The molecule has 1 aromatic carbocycles. The fourth-order valence-electron chi connectivity index (χ4n) is 2.41. The average Bonchev–Trinajstić information content (AvgIpc) is 2.48. The van der Waals surface area contributed by atoms with E-state index >= 15 is 0 Å². The Kier molecular flexibility index (Phi) is 5.30. The molecule has 0 aliphatic carbocycles. The van der Waals surface area contributed by atoms with Crippen LogP contribution in [0.25, 0.3) is 0 Å². The first-order valence-electron chi connectivity index (χ1n) is 6.81. The van der Waals surface area contributed by atoms with Gasteiger partial charge < -0.3 is 19.5 Å². The smallest absolute Gasteiger partial charge is 0.306 e. The number of carboxylic acid groups (broad SMARTS) is 1. The molecule has 1 N–H and O–H groups in total. The quantitative estimate of drug-likeness (QED) is 0.879. The predicted octanol–water partition coefficient (Wildman–Crippen LogP) is 1.08. The minimum absolute atomic E-state index is 0.104. The molecule has 1 saturated heterocycles. The second-order valence-electron chi connectivity index (χ2n) is 4.90. The molecule has 1 aromatic rings. The number of hydrogen-bond acceptors (Lipinski definition) is 4. The number of hydrogen-bond donors (Lipinski definition) is 1. The van der Waals surface area contributed by atoms with Gasteiger partial charge in [0.2, 0.25) is 0 Å². The van der Waals surface area contributed by atoms with Crippen LogP contribution in [0, 0.1) is 0 Å². The molecular formula is C15H19NO5. The number of morpholine rings is 1. The van der Waals surface area contributed by atoms with Gasteiger partial charge >= 0.3 is 5.97 Å². The molecule has 0 radical (unpaired) electrons. The molecule has 114 valence electrons.